The number of aromatic nitrogens is 1. The van der Waals surface area contributed by atoms with E-state index >= 15 is 0 Å². The molecule has 3 N–H and O–H groups in total. The van der Waals surface area contributed by atoms with Crippen molar-refractivity contribution in [1.82, 2.24) is 10.5 Å². The Morgan fingerprint density at radius 1 is 0.960 bits per heavy atom. The number of pyridine rings is 1. The van der Waals surface area contributed by atoms with E-state index in [1.165, 1.54) is 5.56 Å². The quantitative estimate of drug-likeness (QED) is 0.577. The van der Waals surface area contributed by atoms with Gasteiger partial charge in [-0.2, -0.15) is 0 Å². The number of benzene rings is 1. The van der Waals surface area contributed by atoms with Gasteiger partial charge in [0.15, 0.2) is 0 Å². The maximum atomic E-state index is 12.4. The summed E-state index contributed by atoms with van der Waals surface area (Å²) >= 11 is 0. The normalized spacial score (nSPS) is 19.4. The monoisotopic (exact) mass is 339 g/mol. The second-order valence-electron chi connectivity index (χ2n) is 6.34. The Kier molecular flexibility index (Phi) is 5.40. The third kappa shape index (κ3) is 4.22. The molecule has 0 bridgehead atoms. The van der Waals surface area contributed by atoms with Crippen molar-refractivity contribution in [1.29, 1.82) is 0 Å². The predicted octanol–water partition coefficient (Wildman–Crippen LogP) is 2.53. The predicted molar refractivity (Wildman–Crippen MR) is 92.9 cm³/mol. The maximum absolute atomic E-state index is 12.4. The zero-order chi connectivity index (χ0) is 17.6. The third-order valence-electron chi connectivity index (χ3n) is 4.68. The van der Waals surface area contributed by atoms with Crippen molar-refractivity contribution in [2.45, 2.75) is 25.7 Å². The lowest BCUT2D eigenvalue weighted by Gasteiger charge is -2.17. The van der Waals surface area contributed by atoms with Gasteiger partial charge in [0.25, 0.3) is 0 Å². The lowest BCUT2D eigenvalue weighted by molar-refractivity contribution is -0.137. The summed E-state index contributed by atoms with van der Waals surface area (Å²) in [6, 6.07) is 11.6. The van der Waals surface area contributed by atoms with Crippen molar-refractivity contribution < 1.29 is 14.8 Å². The van der Waals surface area contributed by atoms with Crippen LogP contribution in [0.5, 0.6) is 0 Å². The number of hydroxylamine groups is 1. The number of anilines is 1. The molecule has 0 aliphatic heterocycles. The Hall–Kier alpha value is -2.73. The fourth-order valence-corrected chi connectivity index (χ4v) is 3.35. The second-order valence-corrected chi connectivity index (χ2v) is 6.34. The number of hydrogen-bond donors (Lipinski definition) is 3. The molecule has 1 aromatic heterocycles. The van der Waals surface area contributed by atoms with Crippen LogP contribution in [0.1, 0.15) is 30.4 Å². The molecule has 3 rings (SSSR count). The SMILES string of the molecule is O=C(NO)[C@@H]1CCC[C@H]1C(=O)Nc1ccc(Cc2ccncc2)cc1. The van der Waals surface area contributed by atoms with Gasteiger partial charge in [0, 0.05) is 24.0 Å². The van der Waals surface area contributed by atoms with E-state index in [1.54, 1.807) is 17.9 Å². The minimum atomic E-state index is -0.481. The lowest BCUT2D eigenvalue weighted by atomic mass is 9.94. The van der Waals surface area contributed by atoms with Gasteiger partial charge in [-0.25, -0.2) is 5.48 Å². The molecule has 2 amide bonds. The number of carbonyl (C=O) groups excluding carboxylic acids is 2. The largest absolute Gasteiger partial charge is 0.326 e. The van der Waals surface area contributed by atoms with Crippen LogP contribution in [-0.2, 0) is 16.0 Å². The van der Waals surface area contributed by atoms with Gasteiger partial charge >= 0.3 is 0 Å². The number of rotatable bonds is 5. The Bertz CT molecular complexity index is 731. The molecule has 25 heavy (non-hydrogen) atoms. The molecule has 1 fully saturated rings. The van der Waals surface area contributed by atoms with Crippen LogP contribution in [0.25, 0.3) is 0 Å². The lowest BCUT2D eigenvalue weighted by Crippen LogP contribution is -2.35. The summed E-state index contributed by atoms with van der Waals surface area (Å²) in [7, 11) is 0. The standard InChI is InChI=1S/C19H21N3O3/c23-18(16-2-1-3-17(16)19(24)22-25)21-15-6-4-13(5-7-15)12-14-8-10-20-11-9-14/h4-11,16-17,25H,1-3,12H2,(H,21,23)(H,22,24)/t16-,17-/m1/s1. The van der Waals surface area contributed by atoms with Crippen LogP contribution < -0.4 is 10.8 Å². The molecule has 6 nitrogen and oxygen atoms in total. The maximum Gasteiger partial charge on any atom is 0.247 e. The fourth-order valence-electron chi connectivity index (χ4n) is 3.35. The van der Waals surface area contributed by atoms with Crippen LogP contribution in [0, 0.1) is 11.8 Å². The highest BCUT2D eigenvalue weighted by molar-refractivity contribution is 5.96. The first-order valence-corrected chi connectivity index (χ1v) is 8.40. The molecule has 0 spiro atoms. The zero-order valence-corrected chi connectivity index (χ0v) is 13.8. The second kappa shape index (κ2) is 7.90. The van der Waals surface area contributed by atoms with Gasteiger partial charge in [0.2, 0.25) is 11.8 Å². The molecule has 130 valence electrons. The van der Waals surface area contributed by atoms with Gasteiger partial charge in [0.05, 0.1) is 5.92 Å². The molecule has 1 aromatic carbocycles. The Labute approximate surface area is 146 Å². The molecule has 0 radical (unpaired) electrons. The highest BCUT2D eigenvalue weighted by atomic mass is 16.5. The van der Waals surface area contributed by atoms with Gasteiger partial charge in [-0.1, -0.05) is 18.6 Å². The molecule has 1 aliphatic carbocycles. The van der Waals surface area contributed by atoms with Crippen molar-refractivity contribution in [2.75, 3.05) is 5.32 Å². The van der Waals surface area contributed by atoms with Gasteiger partial charge in [0.1, 0.15) is 0 Å². The number of nitrogens with one attached hydrogen (secondary N) is 2. The third-order valence-corrected chi connectivity index (χ3v) is 4.68. The molecular formula is C19H21N3O3. The Morgan fingerprint density at radius 2 is 1.56 bits per heavy atom. The molecule has 2 atom stereocenters. The van der Waals surface area contributed by atoms with Gasteiger partial charge in [-0.3, -0.25) is 19.8 Å². The van der Waals surface area contributed by atoms with Crippen molar-refractivity contribution in [3.63, 3.8) is 0 Å². The minimum absolute atomic E-state index is 0.173. The van der Waals surface area contributed by atoms with Crippen molar-refractivity contribution >= 4 is 17.5 Å². The van der Waals surface area contributed by atoms with Crippen LogP contribution in [0.15, 0.2) is 48.8 Å². The van der Waals surface area contributed by atoms with E-state index in [4.69, 9.17) is 5.21 Å². The first-order valence-electron chi connectivity index (χ1n) is 8.40. The Morgan fingerprint density at radius 3 is 2.20 bits per heavy atom. The summed E-state index contributed by atoms with van der Waals surface area (Å²) in [5.74, 6) is -1.52. The number of carbonyl (C=O) groups is 2. The topological polar surface area (TPSA) is 91.3 Å². The zero-order valence-electron chi connectivity index (χ0n) is 13.8. The average Bonchev–Trinajstić information content (AvgIpc) is 3.13. The molecule has 1 saturated carbocycles. The number of hydrogen-bond acceptors (Lipinski definition) is 4. The smallest absolute Gasteiger partial charge is 0.247 e. The van der Waals surface area contributed by atoms with Gasteiger partial charge in [-0.15, -0.1) is 0 Å². The van der Waals surface area contributed by atoms with Gasteiger partial charge in [-0.05, 0) is 54.7 Å². The summed E-state index contributed by atoms with van der Waals surface area (Å²) in [5.41, 5.74) is 4.69. The highest BCUT2D eigenvalue weighted by Crippen LogP contribution is 2.32. The van der Waals surface area contributed by atoms with E-state index in [-0.39, 0.29) is 5.91 Å². The van der Waals surface area contributed by atoms with Crippen molar-refractivity contribution in [3.8, 4) is 0 Å². The van der Waals surface area contributed by atoms with Crippen LogP contribution >= 0.6 is 0 Å². The first-order chi connectivity index (χ1) is 12.2. The van der Waals surface area contributed by atoms with Crippen LogP contribution in [0.4, 0.5) is 5.69 Å². The molecule has 0 saturated heterocycles. The average molecular weight is 339 g/mol. The molecular weight excluding hydrogens is 318 g/mol. The highest BCUT2D eigenvalue weighted by Gasteiger charge is 2.37. The van der Waals surface area contributed by atoms with Gasteiger partial charge < -0.3 is 5.32 Å². The van der Waals surface area contributed by atoms with Crippen LogP contribution in [0.3, 0.4) is 0 Å². The number of amides is 2. The van der Waals surface area contributed by atoms with E-state index in [0.29, 0.717) is 18.5 Å². The van der Waals surface area contributed by atoms with E-state index in [9.17, 15) is 9.59 Å². The van der Waals surface area contributed by atoms with Crippen molar-refractivity contribution in [2.24, 2.45) is 11.8 Å². The van der Waals surface area contributed by atoms with E-state index in [1.807, 2.05) is 36.4 Å². The summed E-state index contributed by atoms with van der Waals surface area (Å²) < 4.78 is 0. The fraction of sp³-hybridized carbons (Fsp3) is 0.316. The van der Waals surface area contributed by atoms with Crippen LogP contribution in [-0.4, -0.2) is 22.0 Å². The number of nitrogens with zero attached hydrogens (tertiary/aromatic N) is 1. The molecule has 1 aliphatic rings. The van der Waals surface area contributed by atoms with E-state index < -0.39 is 17.7 Å². The van der Waals surface area contributed by atoms with Crippen LogP contribution in [0.2, 0.25) is 0 Å². The molecule has 1 heterocycles. The van der Waals surface area contributed by atoms with Crippen molar-refractivity contribution in [3.05, 3.63) is 59.9 Å². The summed E-state index contributed by atoms with van der Waals surface area (Å²) in [6.45, 7) is 0. The minimum Gasteiger partial charge on any atom is -0.326 e. The van der Waals surface area contributed by atoms with E-state index in [2.05, 4.69) is 10.3 Å². The summed E-state index contributed by atoms with van der Waals surface area (Å²) in [5, 5.41) is 11.7. The Balaban J connectivity index is 1.61. The molecule has 2 aromatic rings. The summed E-state index contributed by atoms with van der Waals surface area (Å²) in [4.78, 5) is 28.1. The first kappa shape index (κ1) is 17.1. The summed E-state index contributed by atoms with van der Waals surface area (Å²) in [6.07, 6.45) is 6.42. The molecule has 6 heteroatoms. The van der Waals surface area contributed by atoms with E-state index in [0.717, 1.165) is 18.4 Å². The molecule has 0 unspecified atom stereocenters.